The molecule has 4 nitrogen and oxygen atoms in total. The number of aromatic nitrogens is 1. The zero-order valence-corrected chi connectivity index (χ0v) is 13.2. The molecule has 0 radical (unpaired) electrons. The van der Waals surface area contributed by atoms with Gasteiger partial charge in [0.15, 0.2) is 5.78 Å². The molecule has 0 aliphatic heterocycles. The van der Waals surface area contributed by atoms with E-state index in [-0.39, 0.29) is 11.4 Å². The maximum absolute atomic E-state index is 12.3. The van der Waals surface area contributed by atoms with Gasteiger partial charge in [0.25, 0.3) is 0 Å². The van der Waals surface area contributed by atoms with Crippen molar-refractivity contribution < 1.29 is 9.53 Å². The number of allylic oxidation sites excluding steroid dienone is 1. The molecule has 0 aromatic carbocycles. The van der Waals surface area contributed by atoms with E-state index < -0.39 is 11.0 Å². The monoisotopic (exact) mass is 294 g/mol. The van der Waals surface area contributed by atoms with Crippen molar-refractivity contribution in [1.29, 1.82) is 5.26 Å². The molecule has 0 bridgehead atoms. The summed E-state index contributed by atoms with van der Waals surface area (Å²) in [6.45, 7) is 5.39. The molecule has 1 aliphatic carbocycles. The van der Waals surface area contributed by atoms with Crippen molar-refractivity contribution in [2.45, 2.75) is 32.8 Å². The van der Waals surface area contributed by atoms with E-state index in [0.29, 0.717) is 17.8 Å². The number of methoxy groups -OCH3 is 1. The molecule has 22 heavy (non-hydrogen) atoms. The Morgan fingerprint density at radius 3 is 2.68 bits per heavy atom. The smallest absolute Gasteiger partial charge is 0.178 e. The second-order valence-electron chi connectivity index (χ2n) is 5.94. The normalized spacial score (nSPS) is 23.0. The summed E-state index contributed by atoms with van der Waals surface area (Å²) in [4.78, 5) is 16.8. The lowest BCUT2D eigenvalue weighted by molar-refractivity contribution is -0.128. The summed E-state index contributed by atoms with van der Waals surface area (Å²) in [5, 5.41) is 9.27. The number of nitrogens with zero attached hydrogens (tertiary/aromatic N) is 2. The number of carbonyl (C=O) groups is 1. The molecule has 0 spiro atoms. The second-order valence-corrected chi connectivity index (χ2v) is 5.94. The van der Waals surface area contributed by atoms with Crippen LogP contribution in [0.5, 0.6) is 0 Å². The number of rotatable bonds is 2. The lowest BCUT2D eigenvalue weighted by atomic mass is 9.68. The average Bonchev–Trinajstić information content (AvgIpc) is 2.50. The first-order valence-electron chi connectivity index (χ1n) is 7.02. The van der Waals surface area contributed by atoms with Gasteiger partial charge in [-0.3, -0.25) is 4.79 Å². The van der Waals surface area contributed by atoms with E-state index in [1.165, 1.54) is 0 Å². The summed E-state index contributed by atoms with van der Waals surface area (Å²) < 4.78 is 5.72. The fourth-order valence-electron chi connectivity index (χ4n) is 2.80. The number of nitriles is 1. The number of hydrogen-bond acceptors (Lipinski definition) is 4. The van der Waals surface area contributed by atoms with Crippen LogP contribution in [0.3, 0.4) is 0 Å². The van der Waals surface area contributed by atoms with Crippen LogP contribution in [0.25, 0.3) is 0 Å². The van der Waals surface area contributed by atoms with Gasteiger partial charge in [0.2, 0.25) is 0 Å². The van der Waals surface area contributed by atoms with Gasteiger partial charge in [0.1, 0.15) is 17.4 Å². The first-order valence-corrected chi connectivity index (χ1v) is 7.02. The van der Waals surface area contributed by atoms with Crippen LogP contribution < -0.4 is 0 Å². The molecule has 0 saturated heterocycles. The Labute approximate surface area is 130 Å². The summed E-state index contributed by atoms with van der Waals surface area (Å²) >= 11 is 0. The number of ketones is 1. The van der Waals surface area contributed by atoms with Crippen LogP contribution >= 0.6 is 0 Å². The van der Waals surface area contributed by atoms with Crippen LogP contribution in [-0.2, 0) is 15.1 Å². The minimum Gasteiger partial charge on any atom is -0.368 e. The van der Waals surface area contributed by atoms with Crippen molar-refractivity contribution in [3.8, 4) is 17.9 Å². The van der Waals surface area contributed by atoms with E-state index in [0.717, 1.165) is 0 Å². The quantitative estimate of drug-likeness (QED) is 0.787. The average molecular weight is 294 g/mol. The van der Waals surface area contributed by atoms with Crippen molar-refractivity contribution in [3.05, 3.63) is 41.2 Å². The number of carbonyl (C=O) groups excluding carboxylic acids is 1. The minimum absolute atomic E-state index is 0.117. The predicted molar refractivity (Wildman–Crippen MR) is 82.6 cm³/mol. The zero-order valence-electron chi connectivity index (χ0n) is 13.2. The molecule has 1 aliphatic rings. The van der Waals surface area contributed by atoms with Crippen LogP contribution in [-0.4, -0.2) is 17.9 Å². The lowest BCUT2D eigenvalue weighted by Gasteiger charge is -2.39. The highest BCUT2D eigenvalue weighted by molar-refractivity contribution is 6.03. The highest BCUT2D eigenvalue weighted by Crippen LogP contribution is 2.44. The Kier molecular flexibility index (Phi) is 4.17. The van der Waals surface area contributed by atoms with Crippen molar-refractivity contribution >= 4 is 5.78 Å². The number of ether oxygens (including phenoxy) is 1. The van der Waals surface area contributed by atoms with E-state index in [2.05, 4.69) is 16.8 Å². The van der Waals surface area contributed by atoms with Crippen LogP contribution in [0.2, 0.25) is 0 Å². The van der Waals surface area contributed by atoms with E-state index in [1.807, 2.05) is 38.1 Å². The summed E-state index contributed by atoms with van der Waals surface area (Å²) in [7, 11) is 1.57. The summed E-state index contributed by atoms with van der Waals surface area (Å²) in [5.74, 6) is 5.57. The highest BCUT2D eigenvalue weighted by atomic mass is 16.5. The first kappa shape index (κ1) is 15.9. The van der Waals surface area contributed by atoms with E-state index in [9.17, 15) is 10.1 Å². The van der Waals surface area contributed by atoms with E-state index in [1.54, 1.807) is 20.1 Å². The molecule has 0 fully saturated rings. The SMILES string of the molecule is CC#Cc1cccc([C@@]2(OC)C=C(C#N)C(=O)C(C)(C)C2)n1. The molecule has 0 N–H and O–H groups in total. The second kappa shape index (κ2) is 5.75. The van der Waals surface area contributed by atoms with E-state index >= 15 is 0 Å². The Morgan fingerprint density at radius 2 is 2.09 bits per heavy atom. The molecule has 0 saturated carbocycles. The van der Waals surface area contributed by atoms with Gasteiger partial charge in [0, 0.05) is 12.5 Å². The standard InChI is InChI=1S/C18H18N2O2/c1-5-7-14-8-6-9-15(20-14)18(22-4)10-13(11-19)16(21)17(2,3)12-18/h6,8-10H,12H2,1-4H3/t18-/m1/s1. The zero-order chi connectivity index (χ0) is 16.4. The van der Waals surface area contributed by atoms with Crippen molar-refractivity contribution in [2.24, 2.45) is 5.41 Å². The minimum atomic E-state index is -0.895. The number of Topliss-reactive ketones (excluding diaryl/α,β-unsaturated/α-hetero) is 1. The molecular formula is C18H18N2O2. The number of hydrogen-bond donors (Lipinski definition) is 0. The van der Waals surface area contributed by atoms with Crippen LogP contribution in [0.15, 0.2) is 29.8 Å². The number of pyridine rings is 1. The summed E-state index contributed by atoms with van der Waals surface area (Å²) in [6, 6.07) is 7.49. The molecule has 0 amide bonds. The molecule has 1 heterocycles. The third-order valence-corrected chi connectivity index (χ3v) is 3.86. The van der Waals surface area contributed by atoms with E-state index in [4.69, 9.17) is 4.74 Å². The maximum atomic E-state index is 12.3. The van der Waals surface area contributed by atoms with Gasteiger partial charge >= 0.3 is 0 Å². The molecule has 1 atom stereocenters. The van der Waals surface area contributed by atoms with Gasteiger partial charge in [-0.05, 0) is 37.5 Å². The Hall–Kier alpha value is -2.43. The van der Waals surface area contributed by atoms with Crippen molar-refractivity contribution in [2.75, 3.05) is 7.11 Å². The lowest BCUT2D eigenvalue weighted by Crippen LogP contribution is -2.42. The topological polar surface area (TPSA) is 63.0 Å². The van der Waals surface area contributed by atoms with Crippen LogP contribution in [0, 0.1) is 28.6 Å². The first-order chi connectivity index (χ1) is 10.4. The molecular weight excluding hydrogens is 276 g/mol. The molecule has 1 aromatic rings. The fourth-order valence-corrected chi connectivity index (χ4v) is 2.80. The fraction of sp³-hybridized carbons (Fsp3) is 0.389. The van der Waals surface area contributed by atoms with Crippen molar-refractivity contribution in [3.63, 3.8) is 0 Å². The summed E-state index contributed by atoms with van der Waals surface area (Å²) in [5.41, 5.74) is -0.175. The van der Waals surface area contributed by atoms with Crippen LogP contribution in [0.1, 0.15) is 38.6 Å². The highest BCUT2D eigenvalue weighted by Gasteiger charge is 2.47. The molecule has 112 valence electrons. The Balaban J connectivity index is 2.64. The molecule has 4 heteroatoms. The maximum Gasteiger partial charge on any atom is 0.178 e. The third kappa shape index (κ3) is 2.66. The Bertz CT molecular complexity index is 744. The van der Waals surface area contributed by atoms with Gasteiger partial charge in [-0.15, -0.1) is 0 Å². The third-order valence-electron chi connectivity index (χ3n) is 3.86. The van der Waals surface area contributed by atoms with Gasteiger partial charge < -0.3 is 4.74 Å². The van der Waals surface area contributed by atoms with Gasteiger partial charge in [-0.2, -0.15) is 5.26 Å². The van der Waals surface area contributed by atoms with Gasteiger partial charge in [0.05, 0.1) is 11.3 Å². The molecule has 1 aromatic heterocycles. The van der Waals surface area contributed by atoms with Gasteiger partial charge in [-0.25, -0.2) is 4.98 Å². The van der Waals surface area contributed by atoms with Crippen LogP contribution in [0.4, 0.5) is 0 Å². The van der Waals surface area contributed by atoms with Crippen molar-refractivity contribution in [1.82, 2.24) is 4.98 Å². The largest absolute Gasteiger partial charge is 0.368 e. The predicted octanol–water partition coefficient (Wildman–Crippen LogP) is 2.74. The molecule has 0 unspecified atom stereocenters. The summed E-state index contributed by atoms with van der Waals surface area (Å²) in [6.07, 6.45) is 2.02. The van der Waals surface area contributed by atoms with Gasteiger partial charge in [-0.1, -0.05) is 25.8 Å². The Morgan fingerprint density at radius 1 is 1.36 bits per heavy atom. The molecule has 2 rings (SSSR count).